The maximum Gasteiger partial charge on any atom is 0.257 e. The molecule has 1 rings (SSSR count). The van der Waals surface area contributed by atoms with Crippen molar-refractivity contribution in [2.24, 2.45) is 0 Å². The molecule has 0 heterocycles. The number of hydrogen-bond donors (Lipinski definition) is 2. The van der Waals surface area contributed by atoms with Crippen molar-refractivity contribution in [3.05, 3.63) is 29.3 Å². The number of methoxy groups -OCH3 is 1. The van der Waals surface area contributed by atoms with E-state index in [-0.39, 0.29) is 12.3 Å². The molecule has 0 aliphatic heterocycles. The van der Waals surface area contributed by atoms with Gasteiger partial charge in [0.15, 0.2) is 5.82 Å². The van der Waals surface area contributed by atoms with Gasteiger partial charge in [0.05, 0.1) is 17.8 Å². The van der Waals surface area contributed by atoms with Crippen LogP contribution in [0, 0.1) is 11.6 Å². The first-order valence-corrected chi connectivity index (χ1v) is 5.33. The van der Waals surface area contributed by atoms with Gasteiger partial charge in [0.2, 0.25) is 0 Å². The Bertz CT molecular complexity index is 462. The normalized spacial score (nSPS) is 11.4. The minimum atomic E-state index is -1.05. The van der Waals surface area contributed by atoms with Crippen molar-refractivity contribution in [3.63, 3.8) is 0 Å². The summed E-state index contributed by atoms with van der Waals surface area (Å²) >= 11 is 0. The average Bonchev–Trinajstić information content (AvgIpc) is 2.23. The van der Waals surface area contributed by atoms with Gasteiger partial charge in [0.25, 0.3) is 5.91 Å². The molecular weight excluding hydrogens is 242 g/mol. The summed E-state index contributed by atoms with van der Waals surface area (Å²) in [5.41, 5.74) is 3.61. The Morgan fingerprint density at radius 1 is 1.44 bits per heavy atom. The minimum Gasteiger partial charge on any atom is -0.396 e. The fourth-order valence-corrected chi connectivity index (χ4v) is 1.54. The number of hydrogen-bond acceptors (Lipinski definition) is 3. The molecule has 1 aromatic carbocycles. The standard InChI is InChI=1S/C12H16F2N2O2/c1-12(2,6-18-3)16-11(17)9-7(13)4-5-8(15)10(9)14/h4-5H,6,15H2,1-3H3,(H,16,17). The Hall–Kier alpha value is -1.69. The maximum absolute atomic E-state index is 13.6. The fourth-order valence-electron chi connectivity index (χ4n) is 1.54. The summed E-state index contributed by atoms with van der Waals surface area (Å²) in [6.45, 7) is 3.57. The molecule has 0 saturated heterocycles. The number of anilines is 1. The zero-order chi connectivity index (χ0) is 13.9. The molecular formula is C12H16F2N2O2. The summed E-state index contributed by atoms with van der Waals surface area (Å²) in [6, 6.07) is 2.03. The van der Waals surface area contributed by atoms with E-state index in [1.165, 1.54) is 7.11 Å². The predicted molar refractivity (Wildman–Crippen MR) is 64.2 cm³/mol. The van der Waals surface area contributed by atoms with Crippen LogP contribution in [0.5, 0.6) is 0 Å². The third-order valence-electron chi connectivity index (χ3n) is 2.31. The van der Waals surface area contributed by atoms with Crippen LogP contribution in [0.4, 0.5) is 14.5 Å². The highest BCUT2D eigenvalue weighted by Crippen LogP contribution is 2.19. The molecule has 3 N–H and O–H groups in total. The van der Waals surface area contributed by atoms with Crippen LogP contribution in [0.1, 0.15) is 24.2 Å². The second-order valence-electron chi connectivity index (χ2n) is 4.60. The van der Waals surface area contributed by atoms with Crippen LogP contribution < -0.4 is 11.1 Å². The third kappa shape index (κ3) is 3.16. The summed E-state index contributed by atoms with van der Waals surface area (Å²) in [4.78, 5) is 11.8. The van der Waals surface area contributed by atoms with E-state index in [1.807, 2.05) is 0 Å². The quantitative estimate of drug-likeness (QED) is 0.808. The Labute approximate surface area is 104 Å². The highest BCUT2D eigenvalue weighted by molar-refractivity contribution is 5.96. The van der Waals surface area contributed by atoms with Crippen molar-refractivity contribution in [1.82, 2.24) is 5.32 Å². The van der Waals surface area contributed by atoms with Crippen LogP contribution in [0.25, 0.3) is 0 Å². The number of nitrogens with two attached hydrogens (primary N) is 1. The Balaban J connectivity index is 3.02. The summed E-state index contributed by atoms with van der Waals surface area (Å²) in [5.74, 6) is -2.87. The van der Waals surface area contributed by atoms with Gasteiger partial charge in [-0.15, -0.1) is 0 Å². The number of benzene rings is 1. The van der Waals surface area contributed by atoms with Crippen LogP contribution in [0.3, 0.4) is 0 Å². The predicted octanol–water partition coefficient (Wildman–Crippen LogP) is 1.70. The van der Waals surface area contributed by atoms with Crippen molar-refractivity contribution >= 4 is 11.6 Å². The van der Waals surface area contributed by atoms with E-state index in [0.717, 1.165) is 12.1 Å². The second kappa shape index (κ2) is 5.30. The van der Waals surface area contributed by atoms with Gasteiger partial charge in [-0.1, -0.05) is 0 Å². The zero-order valence-electron chi connectivity index (χ0n) is 10.5. The van der Waals surface area contributed by atoms with E-state index in [4.69, 9.17) is 10.5 Å². The van der Waals surface area contributed by atoms with E-state index in [1.54, 1.807) is 13.8 Å². The molecule has 1 aromatic rings. The van der Waals surface area contributed by atoms with Crippen LogP contribution in [0.15, 0.2) is 12.1 Å². The van der Waals surface area contributed by atoms with Crippen molar-refractivity contribution in [2.45, 2.75) is 19.4 Å². The molecule has 0 fully saturated rings. The van der Waals surface area contributed by atoms with Gasteiger partial charge in [0.1, 0.15) is 11.4 Å². The van der Waals surface area contributed by atoms with Gasteiger partial charge in [-0.05, 0) is 26.0 Å². The summed E-state index contributed by atoms with van der Waals surface area (Å²) < 4.78 is 32.0. The molecule has 0 radical (unpaired) electrons. The molecule has 0 aromatic heterocycles. The molecule has 0 spiro atoms. The Morgan fingerprint density at radius 3 is 2.61 bits per heavy atom. The van der Waals surface area contributed by atoms with Crippen LogP contribution >= 0.6 is 0 Å². The Kier molecular flexibility index (Phi) is 4.24. The first-order chi connectivity index (χ1) is 8.28. The van der Waals surface area contributed by atoms with Crippen molar-refractivity contribution in [2.75, 3.05) is 19.5 Å². The van der Waals surface area contributed by atoms with E-state index in [0.29, 0.717) is 0 Å². The molecule has 0 bridgehead atoms. The first-order valence-electron chi connectivity index (χ1n) is 5.33. The number of nitrogens with one attached hydrogen (secondary N) is 1. The molecule has 0 aliphatic carbocycles. The monoisotopic (exact) mass is 258 g/mol. The summed E-state index contributed by atoms with van der Waals surface area (Å²) in [5, 5.41) is 2.48. The number of carbonyl (C=O) groups is 1. The smallest absolute Gasteiger partial charge is 0.257 e. The van der Waals surface area contributed by atoms with Crippen molar-refractivity contribution < 1.29 is 18.3 Å². The lowest BCUT2D eigenvalue weighted by molar-refractivity contribution is 0.0812. The van der Waals surface area contributed by atoms with Gasteiger partial charge in [-0.3, -0.25) is 4.79 Å². The highest BCUT2D eigenvalue weighted by Gasteiger charge is 2.26. The SMILES string of the molecule is COCC(C)(C)NC(=O)c1c(F)ccc(N)c1F. The van der Waals surface area contributed by atoms with Gasteiger partial charge in [0, 0.05) is 7.11 Å². The van der Waals surface area contributed by atoms with Gasteiger partial charge in [-0.25, -0.2) is 8.78 Å². The molecule has 6 heteroatoms. The topological polar surface area (TPSA) is 64.3 Å². The number of carbonyl (C=O) groups excluding carboxylic acids is 1. The summed E-state index contributed by atoms with van der Waals surface area (Å²) in [7, 11) is 1.47. The number of ether oxygens (including phenoxy) is 1. The highest BCUT2D eigenvalue weighted by atomic mass is 19.1. The molecule has 0 atom stereocenters. The minimum absolute atomic E-state index is 0.213. The van der Waals surface area contributed by atoms with Gasteiger partial charge < -0.3 is 15.8 Å². The largest absolute Gasteiger partial charge is 0.396 e. The Morgan fingerprint density at radius 2 is 2.06 bits per heavy atom. The van der Waals surface area contributed by atoms with Gasteiger partial charge in [-0.2, -0.15) is 0 Å². The lowest BCUT2D eigenvalue weighted by Gasteiger charge is -2.25. The molecule has 1 amide bonds. The molecule has 4 nitrogen and oxygen atoms in total. The van der Waals surface area contributed by atoms with E-state index < -0.39 is 28.6 Å². The number of amides is 1. The van der Waals surface area contributed by atoms with Crippen LogP contribution in [-0.4, -0.2) is 25.2 Å². The summed E-state index contributed by atoms with van der Waals surface area (Å²) in [6.07, 6.45) is 0. The van der Waals surface area contributed by atoms with Crippen molar-refractivity contribution in [3.8, 4) is 0 Å². The molecule has 0 unspecified atom stereocenters. The molecule has 18 heavy (non-hydrogen) atoms. The average molecular weight is 258 g/mol. The second-order valence-corrected chi connectivity index (χ2v) is 4.60. The van der Waals surface area contributed by atoms with Crippen LogP contribution in [0.2, 0.25) is 0 Å². The molecule has 100 valence electrons. The lowest BCUT2D eigenvalue weighted by Crippen LogP contribution is -2.47. The number of halogens is 2. The van der Waals surface area contributed by atoms with E-state index in [2.05, 4.69) is 5.32 Å². The lowest BCUT2D eigenvalue weighted by atomic mass is 10.1. The fraction of sp³-hybridized carbons (Fsp3) is 0.417. The van der Waals surface area contributed by atoms with E-state index >= 15 is 0 Å². The van der Waals surface area contributed by atoms with Gasteiger partial charge >= 0.3 is 0 Å². The van der Waals surface area contributed by atoms with E-state index in [9.17, 15) is 13.6 Å². The third-order valence-corrected chi connectivity index (χ3v) is 2.31. The zero-order valence-corrected chi connectivity index (χ0v) is 10.5. The number of nitrogen functional groups attached to an aromatic ring is 1. The maximum atomic E-state index is 13.6. The molecule has 0 aliphatic rings. The number of rotatable bonds is 4. The first kappa shape index (κ1) is 14.4. The molecule has 0 saturated carbocycles. The van der Waals surface area contributed by atoms with Crippen LogP contribution in [-0.2, 0) is 4.74 Å². The van der Waals surface area contributed by atoms with Crippen molar-refractivity contribution in [1.29, 1.82) is 0 Å².